The summed E-state index contributed by atoms with van der Waals surface area (Å²) < 4.78 is 2.26. The topological polar surface area (TPSA) is 37.5 Å². The smallest absolute Gasteiger partial charge is 0.194 e. The van der Waals surface area contributed by atoms with E-state index in [1.165, 1.54) is 16.1 Å². The first-order valence-electron chi connectivity index (χ1n) is 10.4. The Hall–Kier alpha value is -2.59. The summed E-state index contributed by atoms with van der Waals surface area (Å²) in [4.78, 5) is 6.96. The number of thiazole rings is 1. The first-order chi connectivity index (χ1) is 14.0. The Kier molecular flexibility index (Phi) is 4.81. The Labute approximate surface area is 183 Å². The van der Waals surface area contributed by atoms with E-state index in [1.54, 1.807) is 11.3 Å². The average Bonchev–Trinajstić information content (AvgIpc) is 3.18. The molecule has 156 valence electrons. The molecule has 0 saturated carbocycles. The molecule has 30 heavy (non-hydrogen) atoms. The lowest BCUT2D eigenvalue weighted by atomic mass is 9.78. The minimum atomic E-state index is -0.170. The number of hydrogen-bond donors (Lipinski definition) is 1. The van der Waals surface area contributed by atoms with Crippen LogP contribution in [0.5, 0.6) is 5.75 Å². The van der Waals surface area contributed by atoms with Gasteiger partial charge >= 0.3 is 0 Å². The van der Waals surface area contributed by atoms with Crippen LogP contribution in [-0.4, -0.2) is 14.5 Å². The van der Waals surface area contributed by atoms with E-state index in [0.717, 1.165) is 27.3 Å². The summed E-state index contributed by atoms with van der Waals surface area (Å²) in [5.41, 5.74) is 6.11. The molecule has 0 saturated heterocycles. The van der Waals surface area contributed by atoms with Crippen LogP contribution in [0.3, 0.4) is 0 Å². The van der Waals surface area contributed by atoms with E-state index in [1.807, 2.05) is 12.3 Å². The highest BCUT2D eigenvalue weighted by atomic mass is 32.1. The normalized spacial score (nSPS) is 12.6. The molecule has 0 amide bonds. The van der Waals surface area contributed by atoms with E-state index < -0.39 is 0 Å². The summed E-state index contributed by atoms with van der Waals surface area (Å²) in [5.74, 6) is 0.407. The van der Waals surface area contributed by atoms with Gasteiger partial charge in [-0.05, 0) is 35.4 Å². The number of imidazole rings is 1. The second-order valence-electron chi connectivity index (χ2n) is 10.1. The van der Waals surface area contributed by atoms with Crippen molar-refractivity contribution in [3.63, 3.8) is 0 Å². The first-order valence-corrected chi connectivity index (χ1v) is 11.2. The van der Waals surface area contributed by atoms with Crippen molar-refractivity contribution in [1.29, 1.82) is 0 Å². The van der Waals surface area contributed by atoms with E-state index in [0.29, 0.717) is 5.75 Å². The minimum Gasteiger partial charge on any atom is -0.507 e. The van der Waals surface area contributed by atoms with Crippen LogP contribution >= 0.6 is 11.3 Å². The van der Waals surface area contributed by atoms with Crippen LogP contribution in [0.2, 0.25) is 0 Å². The number of aromatic hydroxyl groups is 1. The van der Waals surface area contributed by atoms with E-state index in [4.69, 9.17) is 4.98 Å². The quantitative estimate of drug-likeness (QED) is 0.370. The molecule has 4 rings (SSSR count). The van der Waals surface area contributed by atoms with Gasteiger partial charge in [0.25, 0.3) is 0 Å². The van der Waals surface area contributed by atoms with Crippen LogP contribution in [0.25, 0.3) is 27.5 Å². The zero-order chi connectivity index (χ0) is 21.8. The summed E-state index contributed by atoms with van der Waals surface area (Å²) in [5, 5.41) is 11.1. The summed E-state index contributed by atoms with van der Waals surface area (Å²) in [6, 6.07) is 14.8. The minimum absolute atomic E-state index is 0.170. The molecule has 0 aliphatic heterocycles. The lowest BCUT2D eigenvalue weighted by Crippen LogP contribution is -2.17. The molecule has 0 radical (unpaired) electrons. The number of phenols is 1. The molecular formula is C26H30N2OS. The summed E-state index contributed by atoms with van der Waals surface area (Å²) in [7, 11) is 0. The van der Waals surface area contributed by atoms with Gasteiger partial charge in [0, 0.05) is 21.6 Å². The predicted molar refractivity (Wildman–Crippen MR) is 128 cm³/mol. The van der Waals surface area contributed by atoms with Gasteiger partial charge in [-0.1, -0.05) is 71.9 Å². The molecule has 0 spiro atoms. The number of nitrogens with zero attached hydrogens (tertiary/aromatic N) is 2. The van der Waals surface area contributed by atoms with Crippen molar-refractivity contribution >= 4 is 16.3 Å². The van der Waals surface area contributed by atoms with Crippen LogP contribution in [0.4, 0.5) is 0 Å². The third-order valence-corrected chi connectivity index (χ3v) is 6.57. The molecule has 2 aromatic heterocycles. The zero-order valence-corrected chi connectivity index (χ0v) is 19.7. The largest absolute Gasteiger partial charge is 0.507 e. The summed E-state index contributed by atoms with van der Waals surface area (Å²) in [6.07, 6.45) is 1.96. The molecule has 4 aromatic rings. The fourth-order valence-electron chi connectivity index (χ4n) is 4.02. The summed E-state index contributed by atoms with van der Waals surface area (Å²) >= 11 is 1.71. The number of benzene rings is 2. The zero-order valence-electron chi connectivity index (χ0n) is 18.9. The third kappa shape index (κ3) is 3.43. The van der Waals surface area contributed by atoms with Gasteiger partial charge in [0.15, 0.2) is 4.96 Å². The second-order valence-corrected chi connectivity index (χ2v) is 11.2. The molecule has 2 heterocycles. The van der Waals surface area contributed by atoms with Crippen molar-refractivity contribution in [2.45, 2.75) is 59.3 Å². The van der Waals surface area contributed by atoms with Gasteiger partial charge in [0.05, 0.1) is 17.6 Å². The number of hydrogen-bond acceptors (Lipinski definition) is 3. The van der Waals surface area contributed by atoms with Gasteiger partial charge in [-0.25, -0.2) is 4.98 Å². The van der Waals surface area contributed by atoms with Gasteiger partial charge in [-0.15, -0.1) is 11.3 Å². The Morgan fingerprint density at radius 1 is 0.867 bits per heavy atom. The molecule has 0 aliphatic carbocycles. The van der Waals surface area contributed by atoms with Gasteiger partial charge in [0.2, 0.25) is 0 Å². The monoisotopic (exact) mass is 418 g/mol. The van der Waals surface area contributed by atoms with Crippen molar-refractivity contribution in [3.05, 3.63) is 64.7 Å². The fraction of sp³-hybridized carbons (Fsp3) is 0.346. The standard InChI is InChI=1S/C26H30N2OS/c1-16-22(17-11-9-8-10-12-17)28-21(15-27-24(28)30-16)18-13-19(25(2,3)4)23(29)20(14-18)26(5,6)7/h8-15,29H,1-7H3. The lowest BCUT2D eigenvalue weighted by molar-refractivity contribution is 0.423. The molecule has 2 aromatic carbocycles. The SMILES string of the molecule is Cc1sc2ncc(-c3cc(C(C)(C)C)c(O)c(C(C)(C)C)c3)n2c1-c1ccccc1. The summed E-state index contributed by atoms with van der Waals surface area (Å²) in [6.45, 7) is 15.0. The maximum Gasteiger partial charge on any atom is 0.194 e. The highest BCUT2D eigenvalue weighted by Gasteiger charge is 2.28. The molecule has 1 N–H and O–H groups in total. The highest BCUT2D eigenvalue weighted by Crippen LogP contribution is 2.43. The van der Waals surface area contributed by atoms with Crippen molar-refractivity contribution in [3.8, 4) is 28.3 Å². The van der Waals surface area contributed by atoms with Crippen LogP contribution in [-0.2, 0) is 10.8 Å². The van der Waals surface area contributed by atoms with Crippen molar-refractivity contribution in [1.82, 2.24) is 9.38 Å². The predicted octanol–water partition coefficient (Wildman–Crippen LogP) is 7.34. The van der Waals surface area contributed by atoms with Crippen molar-refractivity contribution in [2.24, 2.45) is 0 Å². The number of phenolic OH excluding ortho intramolecular Hbond substituents is 1. The van der Waals surface area contributed by atoms with Crippen molar-refractivity contribution < 1.29 is 5.11 Å². The van der Waals surface area contributed by atoms with Gasteiger partial charge in [-0.2, -0.15) is 0 Å². The maximum absolute atomic E-state index is 11.1. The number of fused-ring (bicyclic) bond motifs is 1. The van der Waals surface area contributed by atoms with Crippen LogP contribution in [0.1, 0.15) is 57.5 Å². The molecule has 0 unspecified atom stereocenters. The van der Waals surface area contributed by atoms with Crippen molar-refractivity contribution in [2.75, 3.05) is 0 Å². The average molecular weight is 419 g/mol. The molecule has 0 bridgehead atoms. The first kappa shape index (κ1) is 20.7. The third-order valence-electron chi connectivity index (χ3n) is 5.60. The van der Waals surface area contributed by atoms with Crippen LogP contribution in [0.15, 0.2) is 48.7 Å². The highest BCUT2D eigenvalue weighted by molar-refractivity contribution is 7.17. The number of rotatable bonds is 2. The molecule has 0 atom stereocenters. The van der Waals surface area contributed by atoms with Gasteiger partial charge in [-0.3, -0.25) is 4.40 Å². The number of aromatic nitrogens is 2. The Morgan fingerprint density at radius 3 is 1.97 bits per heavy atom. The maximum atomic E-state index is 11.1. The fourth-order valence-corrected chi connectivity index (χ4v) is 4.99. The molecular weight excluding hydrogens is 388 g/mol. The van der Waals surface area contributed by atoms with Crippen LogP contribution in [0, 0.1) is 6.92 Å². The Balaban J connectivity index is 2.04. The van der Waals surface area contributed by atoms with Gasteiger partial charge < -0.3 is 5.11 Å². The van der Waals surface area contributed by atoms with E-state index in [2.05, 4.69) is 89.3 Å². The lowest BCUT2D eigenvalue weighted by Gasteiger charge is -2.28. The number of aryl methyl sites for hydroxylation is 1. The van der Waals surface area contributed by atoms with Crippen LogP contribution < -0.4 is 0 Å². The van der Waals surface area contributed by atoms with Gasteiger partial charge in [0.1, 0.15) is 5.75 Å². The Bertz CT molecular complexity index is 1180. The molecule has 0 aliphatic rings. The molecule has 4 heteroatoms. The Morgan fingerprint density at radius 2 is 1.43 bits per heavy atom. The van der Waals surface area contributed by atoms with E-state index in [9.17, 15) is 5.11 Å². The van der Waals surface area contributed by atoms with E-state index >= 15 is 0 Å². The van der Waals surface area contributed by atoms with E-state index in [-0.39, 0.29) is 10.8 Å². The molecule has 3 nitrogen and oxygen atoms in total. The molecule has 0 fully saturated rings. The second kappa shape index (κ2) is 6.98.